The van der Waals surface area contributed by atoms with Crippen LogP contribution in [0.5, 0.6) is 17.2 Å². The Hall–Kier alpha value is -3.29. The van der Waals surface area contributed by atoms with Crippen molar-refractivity contribution in [2.45, 2.75) is 19.4 Å². The monoisotopic (exact) mass is 464 g/mol. The number of phenols is 1. The number of hydrogen-bond acceptors (Lipinski definition) is 7. The van der Waals surface area contributed by atoms with Gasteiger partial charge in [-0.05, 0) is 51.2 Å². The van der Waals surface area contributed by atoms with Gasteiger partial charge in [-0.2, -0.15) is 0 Å². The standard InChI is InChI=1S/C27H32N2O5/c1-5-27(2,3)34-22-12-11-19-24(31)23-20(30)9-8-10-21(23)33-25(19)26(22)32-18-7-6-13-29-16-14-28(4)15-17-29/h5-12,30H,1,13-18H2,2-4H3/b7-6+. The molecule has 1 aromatic heterocycles. The third-order valence-electron chi connectivity index (χ3n) is 6.08. The van der Waals surface area contributed by atoms with Crippen LogP contribution >= 0.6 is 0 Å². The van der Waals surface area contributed by atoms with Crippen molar-refractivity contribution in [3.63, 3.8) is 0 Å². The topological polar surface area (TPSA) is 75.4 Å². The van der Waals surface area contributed by atoms with Crippen molar-refractivity contribution in [3.8, 4) is 17.2 Å². The van der Waals surface area contributed by atoms with Gasteiger partial charge >= 0.3 is 0 Å². The molecule has 0 bridgehead atoms. The summed E-state index contributed by atoms with van der Waals surface area (Å²) in [5.41, 5.74) is -0.404. The van der Waals surface area contributed by atoms with E-state index in [9.17, 15) is 9.90 Å². The van der Waals surface area contributed by atoms with Crippen LogP contribution in [-0.2, 0) is 0 Å². The van der Waals surface area contributed by atoms with Gasteiger partial charge in [0, 0.05) is 32.7 Å². The smallest absolute Gasteiger partial charge is 0.205 e. The first-order chi connectivity index (χ1) is 16.3. The van der Waals surface area contributed by atoms with E-state index in [1.807, 2.05) is 19.9 Å². The number of phenolic OH excluding ortho intramolecular Hbond substituents is 1. The molecular formula is C27H32N2O5. The number of likely N-dealkylation sites (N-methyl/N-ethyl adjacent to an activating group) is 1. The molecule has 0 saturated carbocycles. The van der Waals surface area contributed by atoms with Gasteiger partial charge in [0.25, 0.3) is 0 Å². The highest BCUT2D eigenvalue weighted by Gasteiger charge is 2.23. The Morgan fingerprint density at radius 1 is 1.15 bits per heavy atom. The highest BCUT2D eigenvalue weighted by atomic mass is 16.5. The summed E-state index contributed by atoms with van der Waals surface area (Å²) < 4.78 is 18.3. The molecule has 34 heavy (non-hydrogen) atoms. The van der Waals surface area contributed by atoms with E-state index in [1.165, 1.54) is 6.07 Å². The summed E-state index contributed by atoms with van der Waals surface area (Å²) >= 11 is 0. The second-order valence-electron chi connectivity index (χ2n) is 9.15. The first kappa shape index (κ1) is 23.9. The quantitative estimate of drug-likeness (QED) is 0.396. The van der Waals surface area contributed by atoms with Crippen LogP contribution in [0.25, 0.3) is 21.9 Å². The van der Waals surface area contributed by atoms with Crippen molar-refractivity contribution >= 4 is 21.9 Å². The van der Waals surface area contributed by atoms with Gasteiger partial charge in [-0.1, -0.05) is 24.8 Å². The van der Waals surface area contributed by atoms with Gasteiger partial charge in [0.1, 0.15) is 28.9 Å². The maximum atomic E-state index is 13.1. The molecule has 4 rings (SSSR count). The molecule has 2 heterocycles. The second kappa shape index (κ2) is 9.91. The Labute approximate surface area is 199 Å². The van der Waals surface area contributed by atoms with E-state index in [0.29, 0.717) is 23.5 Å². The van der Waals surface area contributed by atoms with Crippen LogP contribution in [0.2, 0.25) is 0 Å². The van der Waals surface area contributed by atoms with Crippen LogP contribution < -0.4 is 14.9 Å². The molecule has 2 aromatic carbocycles. The molecule has 1 aliphatic heterocycles. The molecule has 1 fully saturated rings. The van der Waals surface area contributed by atoms with Crippen LogP contribution in [-0.4, -0.2) is 66.9 Å². The Bertz CT molecular complexity index is 1270. The summed E-state index contributed by atoms with van der Waals surface area (Å²) in [5.74, 6) is 0.683. The van der Waals surface area contributed by atoms with Gasteiger partial charge in [-0.15, -0.1) is 0 Å². The lowest BCUT2D eigenvalue weighted by atomic mass is 10.1. The van der Waals surface area contributed by atoms with Crippen molar-refractivity contribution < 1.29 is 19.0 Å². The van der Waals surface area contributed by atoms with E-state index < -0.39 is 5.60 Å². The average molecular weight is 465 g/mol. The third kappa shape index (κ3) is 5.11. The number of piperazine rings is 1. The molecule has 7 nitrogen and oxygen atoms in total. The highest BCUT2D eigenvalue weighted by molar-refractivity contribution is 5.96. The molecule has 0 amide bonds. The molecule has 0 aliphatic carbocycles. The maximum Gasteiger partial charge on any atom is 0.205 e. The molecule has 1 N–H and O–H groups in total. The number of aromatic hydroxyl groups is 1. The first-order valence-electron chi connectivity index (χ1n) is 11.5. The summed E-state index contributed by atoms with van der Waals surface area (Å²) in [6, 6.07) is 8.08. The zero-order valence-electron chi connectivity index (χ0n) is 20.0. The lowest BCUT2D eigenvalue weighted by molar-refractivity contribution is 0.154. The fourth-order valence-corrected chi connectivity index (χ4v) is 3.90. The average Bonchev–Trinajstić information content (AvgIpc) is 2.81. The fourth-order valence-electron chi connectivity index (χ4n) is 3.90. The van der Waals surface area contributed by atoms with Gasteiger partial charge in [0.05, 0.1) is 5.39 Å². The van der Waals surface area contributed by atoms with Crippen LogP contribution in [0.15, 0.2) is 64.4 Å². The van der Waals surface area contributed by atoms with Gasteiger partial charge in [0.2, 0.25) is 11.2 Å². The molecule has 0 unspecified atom stereocenters. The number of ether oxygens (including phenoxy) is 2. The first-order valence-corrected chi connectivity index (χ1v) is 11.5. The van der Waals surface area contributed by atoms with E-state index in [1.54, 1.807) is 30.3 Å². The molecular weight excluding hydrogens is 432 g/mol. The largest absolute Gasteiger partial charge is 0.507 e. The number of fused-ring (bicyclic) bond motifs is 2. The molecule has 0 spiro atoms. The summed E-state index contributed by atoms with van der Waals surface area (Å²) in [6.45, 7) is 13.0. The number of hydrogen-bond donors (Lipinski definition) is 1. The van der Waals surface area contributed by atoms with Gasteiger partial charge in [0.15, 0.2) is 11.3 Å². The van der Waals surface area contributed by atoms with Crippen LogP contribution in [0.3, 0.4) is 0 Å². The molecule has 1 saturated heterocycles. The van der Waals surface area contributed by atoms with E-state index in [-0.39, 0.29) is 27.7 Å². The third-order valence-corrected chi connectivity index (χ3v) is 6.08. The van der Waals surface area contributed by atoms with Crippen molar-refractivity contribution in [2.75, 3.05) is 46.4 Å². The van der Waals surface area contributed by atoms with E-state index in [4.69, 9.17) is 13.9 Å². The number of nitrogens with zero attached hydrogens (tertiary/aromatic N) is 2. The SMILES string of the molecule is C=CC(C)(C)Oc1ccc2c(=O)c3c(O)cccc3oc2c1OC/C=C/CN1CCN(C)CC1. The van der Waals surface area contributed by atoms with Crippen molar-refractivity contribution in [3.05, 3.63) is 65.4 Å². The number of benzene rings is 2. The van der Waals surface area contributed by atoms with Crippen LogP contribution in [0.1, 0.15) is 13.8 Å². The Balaban J connectivity index is 1.65. The minimum atomic E-state index is -0.654. The van der Waals surface area contributed by atoms with Crippen LogP contribution in [0.4, 0.5) is 0 Å². The van der Waals surface area contributed by atoms with Gasteiger partial charge < -0.3 is 23.9 Å². The molecule has 0 radical (unpaired) electrons. The highest BCUT2D eigenvalue weighted by Crippen LogP contribution is 2.39. The summed E-state index contributed by atoms with van der Waals surface area (Å²) in [5, 5.41) is 10.7. The van der Waals surface area contributed by atoms with E-state index in [0.717, 1.165) is 32.7 Å². The van der Waals surface area contributed by atoms with Crippen molar-refractivity contribution in [1.82, 2.24) is 9.80 Å². The lowest BCUT2D eigenvalue weighted by Gasteiger charge is -2.31. The second-order valence-corrected chi connectivity index (χ2v) is 9.15. The zero-order valence-corrected chi connectivity index (χ0v) is 20.0. The predicted molar refractivity (Wildman–Crippen MR) is 135 cm³/mol. The summed E-state index contributed by atoms with van der Waals surface area (Å²) in [4.78, 5) is 17.9. The predicted octanol–water partition coefficient (Wildman–Crippen LogP) is 4.18. The lowest BCUT2D eigenvalue weighted by Crippen LogP contribution is -2.44. The summed E-state index contributed by atoms with van der Waals surface area (Å²) in [6.07, 6.45) is 5.75. The molecule has 180 valence electrons. The summed E-state index contributed by atoms with van der Waals surface area (Å²) in [7, 11) is 2.14. The Morgan fingerprint density at radius 2 is 1.91 bits per heavy atom. The van der Waals surface area contributed by atoms with Gasteiger partial charge in [-0.25, -0.2) is 0 Å². The molecule has 0 atom stereocenters. The molecule has 7 heteroatoms. The Kier molecular flexibility index (Phi) is 6.95. The zero-order chi connectivity index (χ0) is 24.3. The molecule has 3 aromatic rings. The van der Waals surface area contributed by atoms with Gasteiger partial charge in [-0.3, -0.25) is 9.69 Å². The number of rotatable bonds is 8. The fraction of sp³-hybridized carbons (Fsp3) is 0.370. The maximum absolute atomic E-state index is 13.1. The molecule has 1 aliphatic rings. The van der Waals surface area contributed by atoms with Crippen molar-refractivity contribution in [2.24, 2.45) is 0 Å². The minimum Gasteiger partial charge on any atom is -0.507 e. The van der Waals surface area contributed by atoms with Crippen molar-refractivity contribution in [1.29, 1.82) is 0 Å². The minimum absolute atomic E-state index is 0.115. The van der Waals surface area contributed by atoms with E-state index >= 15 is 0 Å². The normalized spacial score (nSPS) is 15.9. The van der Waals surface area contributed by atoms with Crippen LogP contribution in [0, 0.1) is 0 Å². The Morgan fingerprint density at radius 3 is 2.65 bits per heavy atom. The van der Waals surface area contributed by atoms with E-state index in [2.05, 4.69) is 29.5 Å².